The lowest BCUT2D eigenvalue weighted by atomic mass is 10.2. The van der Waals surface area contributed by atoms with Gasteiger partial charge < -0.3 is 19.9 Å². The maximum Gasteiger partial charge on any atom is 0.246 e. The third kappa shape index (κ3) is 4.81. The molecule has 30 heavy (non-hydrogen) atoms. The molecule has 0 aromatic carbocycles. The van der Waals surface area contributed by atoms with E-state index in [9.17, 15) is 4.79 Å². The Bertz CT molecular complexity index is 901. The van der Waals surface area contributed by atoms with E-state index in [0.717, 1.165) is 41.7 Å². The predicted molar refractivity (Wildman–Crippen MR) is 116 cm³/mol. The Hall–Kier alpha value is -2.88. The molecule has 1 aliphatic rings. The SMILES string of the molecule is CCNC(=NCc1c(C)nn(CCOC)c1C)N1CCN(c2cnn(C)c2)C(=O)C1. The van der Waals surface area contributed by atoms with Crippen LogP contribution in [-0.4, -0.2) is 76.2 Å². The zero-order valence-electron chi connectivity index (χ0n) is 18.6. The average Bonchev–Trinajstić information content (AvgIpc) is 3.26. The molecular weight excluding hydrogens is 384 g/mol. The van der Waals surface area contributed by atoms with Gasteiger partial charge in [-0.15, -0.1) is 0 Å². The number of anilines is 1. The number of aromatic nitrogens is 4. The van der Waals surface area contributed by atoms with Crippen molar-refractivity contribution in [3.63, 3.8) is 0 Å². The number of hydrogen-bond donors (Lipinski definition) is 1. The number of carbonyl (C=O) groups is 1. The van der Waals surface area contributed by atoms with Gasteiger partial charge in [-0.3, -0.25) is 14.2 Å². The lowest BCUT2D eigenvalue weighted by molar-refractivity contribution is -0.120. The molecule has 1 fully saturated rings. The topological polar surface area (TPSA) is 92.8 Å². The van der Waals surface area contributed by atoms with E-state index in [1.807, 2.05) is 36.7 Å². The highest BCUT2D eigenvalue weighted by Gasteiger charge is 2.27. The first-order valence-electron chi connectivity index (χ1n) is 10.3. The number of nitrogens with zero attached hydrogens (tertiary/aromatic N) is 7. The molecular formula is C20H32N8O2. The molecule has 3 rings (SSSR count). The van der Waals surface area contributed by atoms with Gasteiger partial charge in [0, 0.05) is 51.2 Å². The van der Waals surface area contributed by atoms with Gasteiger partial charge in [-0.25, -0.2) is 4.99 Å². The van der Waals surface area contributed by atoms with Crippen LogP contribution in [0.3, 0.4) is 0 Å². The molecule has 2 aromatic rings. The Morgan fingerprint density at radius 3 is 2.77 bits per heavy atom. The Kier molecular flexibility index (Phi) is 7.09. The molecule has 0 saturated carbocycles. The van der Waals surface area contributed by atoms with Gasteiger partial charge >= 0.3 is 0 Å². The van der Waals surface area contributed by atoms with Gasteiger partial charge in [0.05, 0.1) is 37.3 Å². The summed E-state index contributed by atoms with van der Waals surface area (Å²) in [6.45, 7) is 10.3. The van der Waals surface area contributed by atoms with E-state index in [1.54, 1.807) is 22.9 Å². The van der Waals surface area contributed by atoms with Crippen LogP contribution in [0.15, 0.2) is 17.4 Å². The van der Waals surface area contributed by atoms with E-state index >= 15 is 0 Å². The molecule has 0 unspecified atom stereocenters. The summed E-state index contributed by atoms with van der Waals surface area (Å²) < 4.78 is 8.84. The number of carbonyl (C=O) groups excluding carboxylic acids is 1. The number of ether oxygens (including phenoxy) is 1. The first-order chi connectivity index (χ1) is 14.4. The van der Waals surface area contributed by atoms with Crippen LogP contribution < -0.4 is 10.2 Å². The molecule has 0 aliphatic carbocycles. The van der Waals surface area contributed by atoms with Crippen molar-refractivity contribution in [3.8, 4) is 0 Å². The first kappa shape index (κ1) is 21.8. The van der Waals surface area contributed by atoms with Gasteiger partial charge in [-0.05, 0) is 20.8 Å². The lowest BCUT2D eigenvalue weighted by Crippen LogP contribution is -2.55. The van der Waals surface area contributed by atoms with E-state index < -0.39 is 0 Å². The van der Waals surface area contributed by atoms with Gasteiger partial charge in [0.25, 0.3) is 0 Å². The summed E-state index contributed by atoms with van der Waals surface area (Å²) in [4.78, 5) is 21.4. The molecule has 164 valence electrons. The van der Waals surface area contributed by atoms with E-state index in [1.165, 1.54) is 0 Å². The largest absolute Gasteiger partial charge is 0.383 e. The number of rotatable bonds is 7. The van der Waals surface area contributed by atoms with Gasteiger partial charge in [0.15, 0.2) is 5.96 Å². The first-order valence-corrected chi connectivity index (χ1v) is 10.3. The summed E-state index contributed by atoms with van der Waals surface area (Å²) in [7, 11) is 3.54. The highest BCUT2D eigenvalue weighted by Crippen LogP contribution is 2.17. The number of nitrogens with one attached hydrogen (secondary N) is 1. The highest BCUT2D eigenvalue weighted by molar-refractivity contribution is 5.98. The van der Waals surface area contributed by atoms with Crippen molar-refractivity contribution in [2.45, 2.75) is 33.9 Å². The van der Waals surface area contributed by atoms with Crippen LogP contribution in [0.5, 0.6) is 0 Å². The van der Waals surface area contributed by atoms with Crippen LogP contribution in [0.4, 0.5) is 5.69 Å². The molecule has 10 nitrogen and oxygen atoms in total. The molecule has 1 amide bonds. The number of piperazine rings is 1. The van der Waals surface area contributed by atoms with Gasteiger partial charge in [-0.2, -0.15) is 10.2 Å². The quantitative estimate of drug-likeness (QED) is 0.528. The third-order valence-corrected chi connectivity index (χ3v) is 5.28. The molecule has 0 bridgehead atoms. The normalized spacial score (nSPS) is 15.2. The second-order valence-corrected chi connectivity index (χ2v) is 7.37. The minimum absolute atomic E-state index is 0.0413. The van der Waals surface area contributed by atoms with Crippen molar-refractivity contribution in [3.05, 3.63) is 29.3 Å². The summed E-state index contributed by atoms with van der Waals surface area (Å²) >= 11 is 0. The fourth-order valence-electron chi connectivity index (χ4n) is 3.61. The molecule has 10 heteroatoms. The number of hydrogen-bond acceptors (Lipinski definition) is 5. The molecule has 1 saturated heterocycles. The molecule has 0 spiro atoms. The average molecular weight is 417 g/mol. The zero-order chi connectivity index (χ0) is 21.7. The number of amides is 1. The summed E-state index contributed by atoms with van der Waals surface area (Å²) in [5, 5.41) is 12.1. The van der Waals surface area contributed by atoms with Crippen LogP contribution in [0.25, 0.3) is 0 Å². The smallest absolute Gasteiger partial charge is 0.246 e. The van der Waals surface area contributed by atoms with E-state index in [-0.39, 0.29) is 12.5 Å². The maximum atomic E-state index is 12.7. The second-order valence-electron chi connectivity index (χ2n) is 7.37. The van der Waals surface area contributed by atoms with E-state index in [2.05, 4.69) is 22.4 Å². The maximum absolute atomic E-state index is 12.7. The Morgan fingerprint density at radius 1 is 1.33 bits per heavy atom. The number of aryl methyl sites for hydroxylation is 2. The minimum Gasteiger partial charge on any atom is -0.383 e. The molecule has 0 radical (unpaired) electrons. The Labute approximate surface area is 177 Å². The van der Waals surface area contributed by atoms with Crippen molar-refractivity contribution in [1.82, 2.24) is 29.8 Å². The van der Waals surface area contributed by atoms with Crippen LogP contribution in [0.1, 0.15) is 23.9 Å². The minimum atomic E-state index is 0.0413. The summed E-state index contributed by atoms with van der Waals surface area (Å²) in [6.07, 6.45) is 3.58. The zero-order valence-corrected chi connectivity index (χ0v) is 18.6. The van der Waals surface area contributed by atoms with E-state index in [0.29, 0.717) is 26.2 Å². The summed E-state index contributed by atoms with van der Waals surface area (Å²) in [5.41, 5.74) is 4.02. The van der Waals surface area contributed by atoms with Crippen LogP contribution in [-0.2, 0) is 29.7 Å². The van der Waals surface area contributed by atoms with Crippen LogP contribution in [0.2, 0.25) is 0 Å². The summed E-state index contributed by atoms with van der Waals surface area (Å²) in [6, 6.07) is 0. The molecule has 1 aliphatic heterocycles. The second kappa shape index (κ2) is 9.75. The van der Waals surface area contributed by atoms with Crippen molar-refractivity contribution in [2.24, 2.45) is 12.0 Å². The Morgan fingerprint density at radius 2 is 2.13 bits per heavy atom. The van der Waals surface area contributed by atoms with Crippen LogP contribution in [0, 0.1) is 13.8 Å². The van der Waals surface area contributed by atoms with Crippen LogP contribution >= 0.6 is 0 Å². The number of aliphatic imine (C=N–C) groups is 1. The third-order valence-electron chi connectivity index (χ3n) is 5.28. The molecule has 0 atom stereocenters. The van der Waals surface area contributed by atoms with Gasteiger partial charge in [-0.1, -0.05) is 0 Å². The lowest BCUT2D eigenvalue weighted by Gasteiger charge is -2.35. The number of guanidine groups is 1. The highest BCUT2D eigenvalue weighted by atomic mass is 16.5. The van der Waals surface area contributed by atoms with Crippen molar-refractivity contribution in [2.75, 3.05) is 44.8 Å². The van der Waals surface area contributed by atoms with Gasteiger partial charge in [0.2, 0.25) is 5.91 Å². The predicted octanol–water partition coefficient (Wildman–Crippen LogP) is 0.694. The monoisotopic (exact) mass is 416 g/mol. The molecule has 2 aromatic heterocycles. The summed E-state index contributed by atoms with van der Waals surface area (Å²) in [5.74, 6) is 0.791. The number of methoxy groups -OCH3 is 1. The van der Waals surface area contributed by atoms with Gasteiger partial charge in [0.1, 0.15) is 6.54 Å². The van der Waals surface area contributed by atoms with Crippen molar-refractivity contribution >= 4 is 17.6 Å². The van der Waals surface area contributed by atoms with Crippen molar-refractivity contribution in [1.29, 1.82) is 0 Å². The van der Waals surface area contributed by atoms with E-state index in [4.69, 9.17) is 9.73 Å². The Balaban J connectivity index is 1.71. The standard InChI is InChI=1S/C20H32N8O2/c1-6-21-20(22-12-18-15(2)24-28(16(18)3)9-10-30-5)26-7-8-27(19(29)14-26)17-11-23-25(4)13-17/h11,13H,6-10,12,14H2,1-5H3,(H,21,22). The fourth-order valence-corrected chi connectivity index (χ4v) is 3.61. The molecule has 3 heterocycles. The van der Waals surface area contributed by atoms with Crippen molar-refractivity contribution < 1.29 is 9.53 Å². The fraction of sp³-hybridized carbons (Fsp3) is 0.600. The molecule has 1 N–H and O–H groups in total.